The van der Waals surface area contributed by atoms with E-state index in [1.54, 1.807) is 31.1 Å². The number of hydrogen-bond donors (Lipinski definition) is 2. The Morgan fingerprint density at radius 2 is 1.21 bits per heavy atom. The minimum atomic E-state index is -0.221. The van der Waals surface area contributed by atoms with Gasteiger partial charge < -0.3 is 29.6 Å². The highest BCUT2D eigenvalue weighted by Gasteiger charge is 2.25. The van der Waals surface area contributed by atoms with Crippen LogP contribution in [0.5, 0.6) is 23.3 Å². The van der Waals surface area contributed by atoms with Gasteiger partial charge in [-0.05, 0) is 134 Å². The Kier molecular flexibility index (Phi) is 9.68. The predicted octanol–water partition coefficient (Wildman–Crippen LogP) is 10.7. The molecular weight excluding hydrogens is 652 g/mol. The average Bonchev–Trinajstić information content (AvgIpc) is 3.21. The molecule has 0 amide bonds. The zero-order valence-corrected chi connectivity index (χ0v) is 28.3. The molecule has 0 saturated carbocycles. The van der Waals surface area contributed by atoms with Crippen molar-refractivity contribution in [2.45, 2.75) is 37.9 Å². The van der Waals surface area contributed by atoms with E-state index in [0.29, 0.717) is 29.1 Å². The molecular formula is C42H36N6O4. The average molecular weight is 689 g/mol. The summed E-state index contributed by atoms with van der Waals surface area (Å²) in [6, 6.07) is 31.1. The molecule has 6 aromatic rings. The summed E-state index contributed by atoms with van der Waals surface area (Å²) in [5.74, 6) is 3.86. The first-order valence-electron chi connectivity index (χ1n) is 17.3. The number of pyridine rings is 4. The summed E-state index contributed by atoms with van der Waals surface area (Å²) < 4.78 is 24.5. The minimum absolute atomic E-state index is 0.0725. The number of nitrogens with one attached hydrogen (secondary N) is 2. The van der Waals surface area contributed by atoms with Crippen molar-refractivity contribution in [3.8, 4) is 34.4 Å². The van der Waals surface area contributed by atoms with Crippen LogP contribution in [0.4, 0.5) is 23.0 Å². The van der Waals surface area contributed by atoms with E-state index in [0.717, 1.165) is 65.1 Å². The van der Waals surface area contributed by atoms with E-state index in [2.05, 4.69) is 25.6 Å². The monoisotopic (exact) mass is 688 g/mol. The van der Waals surface area contributed by atoms with Crippen LogP contribution >= 0.6 is 0 Å². The number of hydrogen-bond acceptors (Lipinski definition) is 10. The second-order valence-corrected chi connectivity index (χ2v) is 12.3. The maximum atomic E-state index is 6.40. The van der Waals surface area contributed by atoms with E-state index in [1.807, 2.05) is 115 Å². The van der Waals surface area contributed by atoms with Gasteiger partial charge in [-0.15, -0.1) is 0 Å². The lowest BCUT2D eigenvalue weighted by Crippen LogP contribution is -2.09. The van der Waals surface area contributed by atoms with Crippen molar-refractivity contribution in [1.82, 2.24) is 19.9 Å². The number of aromatic nitrogens is 4. The largest absolute Gasteiger partial charge is 0.493 e. The second kappa shape index (κ2) is 15.5. The minimum Gasteiger partial charge on any atom is -0.493 e. The molecule has 2 aliphatic rings. The van der Waals surface area contributed by atoms with Crippen molar-refractivity contribution in [1.29, 1.82) is 0 Å². The van der Waals surface area contributed by atoms with Gasteiger partial charge in [0.2, 0.25) is 11.8 Å². The van der Waals surface area contributed by atoms with E-state index in [4.69, 9.17) is 23.9 Å². The standard InChI is InChI=1S/C42H36N6O4/c1-4-23-43-38(11-1)47-30-15-19-33(20-16-30)52-42-40(37-10-3-6-27-50-37)34(22-25-45-42)29-12-21-39(46-28-29)48-31-13-17-32(18-14-31)51-41-35(8-7-24-44-41)36-9-2-5-26-49-36/h1,4-8,11-28,36-37H,2-3,9-10H2,(H,43,47)(H,46,48). The number of rotatable bonds is 11. The predicted molar refractivity (Wildman–Crippen MR) is 200 cm³/mol. The molecule has 2 aromatic carbocycles. The third-order valence-electron chi connectivity index (χ3n) is 8.71. The summed E-state index contributed by atoms with van der Waals surface area (Å²) in [4.78, 5) is 18.2. The van der Waals surface area contributed by atoms with E-state index < -0.39 is 0 Å². The van der Waals surface area contributed by atoms with Crippen LogP contribution in [-0.2, 0) is 9.47 Å². The van der Waals surface area contributed by atoms with Gasteiger partial charge in [-0.2, -0.15) is 0 Å². The summed E-state index contributed by atoms with van der Waals surface area (Å²) in [6.45, 7) is 0. The molecule has 2 N–H and O–H groups in total. The fourth-order valence-electron chi connectivity index (χ4n) is 6.14. The smallest absolute Gasteiger partial charge is 0.226 e. The quantitative estimate of drug-likeness (QED) is 0.136. The second-order valence-electron chi connectivity index (χ2n) is 12.3. The van der Waals surface area contributed by atoms with Crippen molar-refractivity contribution in [2.75, 3.05) is 10.6 Å². The topological polar surface area (TPSA) is 113 Å². The van der Waals surface area contributed by atoms with Gasteiger partial charge in [0.25, 0.3) is 0 Å². The van der Waals surface area contributed by atoms with Gasteiger partial charge in [-0.3, -0.25) is 0 Å². The Morgan fingerprint density at radius 1 is 0.558 bits per heavy atom. The Balaban J connectivity index is 0.973. The summed E-state index contributed by atoms with van der Waals surface area (Å²) in [5.41, 5.74) is 5.46. The molecule has 0 spiro atoms. The van der Waals surface area contributed by atoms with E-state index in [9.17, 15) is 0 Å². The van der Waals surface area contributed by atoms with Gasteiger partial charge >= 0.3 is 0 Å². The molecule has 0 bridgehead atoms. The van der Waals surface area contributed by atoms with Gasteiger partial charge in [0.15, 0.2) is 0 Å². The molecule has 2 unspecified atom stereocenters. The SMILES string of the molecule is C1=COC(c2cccnc2Oc2ccc(Nc3ccc(-c4ccnc(Oc5ccc(Nc6ccccn6)cc5)c4C4CCC=CO4)cn3)cc2)CC1. The molecule has 52 heavy (non-hydrogen) atoms. The van der Waals surface area contributed by atoms with Gasteiger partial charge in [0, 0.05) is 41.7 Å². The lowest BCUT2D eigenvalue weighted by Gasteiger charge is -2.24. The molecule has 2 atom stereocenters. The molecule has 2 aliphatic heterocycles. The Labute approximate surface area is 301 Å². The summed E-state index contributed by atoms with van der Waals surface area (Å²) >= 11 is 0. The maximum absolute atomic E-state index is 6.40. The van der Waals surface area contributed by atoms with Crippen LogP contribution in [0.2, 0.25) is 0 Å². The Morgan fingerprint density at radius 3 is 1.85 bits per heavy atom. The number of anilines is 4. The highest BCUT2D eigenvalue weighted by Crippen LogP contribution is 2.41. The van der Waals surface area contributed by atoms with Gasteiger partial charge in [0.1, 0.15) is 35.3 Å². The van der Waals surface area contributed by atoms with Crippen LogP contribution in [0, 0.1) is 0 Å². The van der Waals surface area contributed by atoms with Crippen LogP contribution in [0.3, 0.4) is 0 Å². The number of nitrogens with zero attached hydrogens (tertiary/aromatic N) is 4. The van der Waals surface area contributed by atoms with Crippen LogP contribution in [0.25, 0.3) is 11.1 Å². The van der Waals surface area contributed by atoms with Crippen molar-refractivity contribution >= 4 is 23.0 Å². The molecule has 258 valence electrons. The van der Waals surface area contributed by atoms with Gasteiger partial charge in [-0.25, -0.2) is 19.9 Å². The van der Waals surface area contributed by atoms with Crippen LogP contribution in [-0.4, -0.2) is 19.9 Å². The zero-order chi connectivity index (χ0) is 35.0. The van der Waals surface area contributed by atoms with Crippen molar-refractivity contribution < 1.29 is 18.9 Å². The fraction of sp³-hybridized carbons (Fsp3) is 0.143. The van der Waals surface area contributed by atoms with E-state index in [1.165, 1.54) is 0 Å². The first-order valence-corrected chi connectivity index (χ1v) is 17.3. The lowest BCUT2D eigenvalue weighted by molar-refractivity contribution is 0.122. The first-order chi connectivity index (χ1) is 25.7. The molecule has 0 radical (unpaired) electrons. The van der Waals surface area contributed by atoms with Gasteiger partial charge in [0.05, 0.1) is 23.7 Å². The molecule has 0 aliphatic carbocycles. The van der Waals surface area contributed by atoms with Crippen LogP contribution < -0.4 is 20.1 Å². The van der Waals surface area contributed by atoms with Crippen molar-refractivity contribution in [3.05, 3.63) is 158 Å². The zero-order valence-electron chi connectivity index (χ0n) is 28.3. The lowest BCUT2D eigenvalue weighted by atomic mass is 9.95. The first kappa shape index (κ1) is 32.5. The van der Waals surface area contributed by atoms with Crippen molar-refractivity contribution in [3.63, 3.8) is 0 Å². The molecule has 4 aromatic heterocycles. The van der Waals surface area contributed by atoms with Crippen LogP contribution in [0.15, 0.2) is 147 Å². The summed E-state index contributed by atoms with van der Waals surface area (Å²) in [5, 5.41) is 6.69. The maximum Gasteiger partial charge on any atom is 0.226 e. The molecule has 0 saturated heterocycles. The highest BCUT2D eigenvalue weighted by molar-refractivity contribution is 5.71. The normalized spacial score (nSPS) is 16.3. The Bertz CT molecular complexity index is 2160. The van der Waals surface area contributed by atoms with E-state index in [-0.39, 0.29) is 12.2 Å². The van der Waals surface area contributed by atoms with Crippen molar-refractivity contribution in [2.24, 2.45) is 0 Å². The number of benzene rings is 2. The third-order valence-corrected chi connectivity index (χ3v) is 8.71. The Hall–Kier alpha value is -6.68. The third kappa shape index (κ3) is 7.71. The van der Waals surface area contributed by atoms with Crippen LogP contribution in [0.1, 0.15) is 49.0 Å². The number of ether oxygens (including phenoxy) is 4. The number of allylic oxidation sites excluding steroid dienone is 2. The molecule has 10 nitrogen and oxygen atoms in total. The van der Waals surface area contributed by atoms with E-state index >= 15 is 0 Å². The summed E-state index contributed by atoms with van der Waals surface area (Å²) in [6.07, 6.45) is 17.9. The molecule has 0 fully saturated rings. The fourth-order valence-corrected chi connectivity index (χ4v) is 6.14. The molecule has 6 heterocycles. The highest BCUT2D eigenvalue weighted by atomic mass is 16.5. The van der Waals surface area contributed by atoms with Gasteiger partial charge in [-0.1, -0.05) is 6.07 Å². The molecule has 10 heteroatoms. The molecule has 8 rings (SSSR count). The summed E-state index contributed by atoms with van der Waals surface area (Å²) in [7, 11) is 0.